The van der Waals surface area contributed by atoms with Gasteiger partial charge in [0.1, 0.15) is 0 Å². The lowest BCUT2D eigenvalue weighted by Gasteiger charge is -2.20. The first kappa shape index (κ1) is 21.6. The second kappa shape index (κ2) is 10.1. The van der Waals surface area contributed by atoms with E-state index in [0.717, 1.165) is 42.9 Å². The van der Waals surface area contributed by atoms with Crippen LogP contribution in [-0.4, -0.2) is 48.3 Å². The number of carbonyl (C=O) groups excluding carboxylic acids is 1. The van der Waals surface area contributed by atoms with Crippen molar-refractivity contribution in [1.29, 1.82) is 0 Å². The van der Waals surface area contributed by atoms with E-state index < -0.39 is 0 Å². The molecule has 4 rings (SSSR count). The van der Waals surface area contributed by atoms with Gasteiger partial charge in [0.2, 0.25) is 0 Å². The number of methoxy groups -OCH3 is 2. The Balaban J connectivity index is 1.42. The summed E-state index contributed by atoms with van der Waals surface area (Å²) >= 11 is 0. The number of anilines is 2. The average Bonchev–Trinajstić information content (AvgIpc) is 3.14. The maximum absolute atomic E-state index is 12.7. The zero-order chi connectivity index (χ0) is 22.3. The summed E-state index contributed by atoms with van der Waals surface area (Å²) in [6.45, 7) is 1.70. The third-order valence-corrected chi connectivity index (χ3v) is 5.64. The number of ether oxygens (including phenoxy) is 2. The van der Waals surface area contributed by atoms with Crippen molar-refractivity contribution in [3.8, 4) is 22.8 Å². The first-order valence-electron chi connectivity index (χ1n) is 10.9. The first-order valence-corrected chi connectivity index (χ1v) is 10.9. The summed E-state index contributed by atoms with van der Waals surface area (Å²) < 4.78 is 10.6. The highest BCUT2D eigenvalue weighted by molar-refractivity contribution is 5.94. The summed E-state index contributed by atoms with van der Waals surface area (Å²) in [6, 6.07) is 16.9. The van der Waals surface area contributed by atoms with E-state index in [9.17, 15) is 4.79 Å². The van der Waals surface area contributed by atoms with Gasteiger partial charge < -0.3 is 19.7 Å². The highest BCUT2D eigenvalue weighted by Crippen LogP contribution is 2.31. The third-order valence-electron chi connectivity index (χ3n) is 5.64. The average molecular weight is 433 g/mol. The first-order chi connectivity index (χ1) is 15.7. The fourth-order valence-electron chi connectivity index (χ4n) is 3.85. The third kappa shape index (κ3) is 4.99. The molecule has 2 aromatic carbocycles. The summed E-state index contributed by atoms with van der Waals surface area (Å²) in [4.78, 5) is 14.7. The number of nitrogens with zero attached hydrogens (tertiary/aromatic N) is 3. The standard InChI is InChI=1S/C25H28N4O3/c1-31-22-13-9-19(17-23(22)32-2)21-12-14-24(28-27-21)26-20-10-7-18(8-11-20)25(30)29-15-5-3-4-6-16-29/h7-14,17H,3-6,15-16H2,1-2H3,(H,26,28). The fraction of sp³-hybridized carbons (Fsp3) is 0.320. The van der Waals surface area contributed by atoms with Crippen LogP contribution in [0.3, 0.4) is 0 Å². The topological polar surface area (TPSA) is 76.6 Å². The number of carbonyl (C=O) groups is 1. The highest BCUT2D eigenvalue weighted by atomic mass is 16.5. The second-order valence-corrected chi connectivity index (χ2v) is 7.78. The van der Waals surface area contributed by atoms with Crippen LogP contribution in [0.15, 0.2) is 54.6 Å². The predicted molar refractivity (Wildman–Crippen MR) is 125 cm³/mol. The lowest BCUT2D eigenvalue weighted by Crippen LogP contribution is -2.31. The number of hydrogen-bond acceptors (Lipinski definition) is 6. The van der Waals surface area contributed by atoms with E-state index in [4.69, 9.17) is 9.47 Å². The largest absolute Gasteiger partial charge is 0.493 e. The van der Waals surface area contributed by atoms with Gasteiger partial charge in [0.15, 0.2) is 17.3 Å². The highest BCUT2D eigenvalue weighted by Gasteiger charge is 2.17. The molecular formula is C25H28N4O3. The normalized spacial score (nSPS) is 13.9. The van der Waals surface area contributed by atoms with Crippen molar-refractivity contribution in [2.24, 2.45) is 0 Å². The van der Waals surface area contributed by atoms with E-state index in [1.807, 2.05) is 59.5 Å². The Morgan fingerprint density at radius 3 is 2.19 bits per heavy atom. The Labute approximate surface area is 188 Å². The number of likely N-dealkylation sites (tertiary alicyclic amines) is 1. The van der Waals surface area contributed by atoms with Gasteiger partial charge in [0, 0.05) is 29.9 Å². The van der Waals surface area contributed by atoms with Crippen LogP contribution in [0.1, 0.15) is 36.0 Å². The molecule has 0 spiro atoms. The summed E-state index contributed by atoms with van der Waals surface area (Å²) in [5.41, 5.74) is 3.19. The molecular weight excluding hydrogens is 404 g/mol. The molecule has 1 aliphatic heterocycles. The number of hydrogen-bond donors (Lipinski definition) is 1. The molecule has 7 nitrogen and oxygen atoms in total. The lowest BCUT2D eigenvalue weighted by atomic mass is 10.1. The monoisotopic (exact) mass is 432 g/mol. The minimum Gasteiger partial charge on any atom is -0.493 e. The molecule has 0 aliphatic carbocycles. The molecule has 0 bridgehead atoms. The predicted octanol–water partition coefficient (Wildman–Crippen LogP) is 4.92. The van der Waals surface area contributed by atoms with Gasteiger partial charge in [-0.15, -0.1) is 10.2 Å². The van der Waals surface area contributed by atoms with Gasteiger partial charge in [-0.3, -0.25) is 4.79 Å². The molecule has 1 aliphatic rings. The Morgan fingerprint density at radius 2 is 1.56 bits per heavy atom. The van der Waals surface area contributed by atoms with Gasteiger partial charge in [-0.25, -0.2) is 0 Å². The Kier molecular flexibility index (Phi) is 6.84. The molecule has 1 fully saturated rings. The molecule has 0 radical (unpaired) electrons. The van der Waals surface area contributed by atoms with Crippen LogP contribution < -0.4 is 14.8 Å². The number of rotatable bonds is 6. The molecule has 32 heavy (non-hydrogen) atoms. The Morgan fingerprint density at radius 1 is 0.844 bits per heavy atom. The van der Waals surface area contributed by atoms with E-state index in [2.05, 4.69) is 15.5 Å². The smallest absolute Gasteiger partial charge is 0.253 e. The number of amides is 1. The zero-order valence-electron chi connectivity index (χ0n) is 18.5. The molecule has 1 saturated heterocycles. The van der Waals surface area contributed by atoms with Crippen LogP contribution in [0.4, 0.5) is 11.5 Å². The van der Waals surface area contributed by atoms with Crippen molar-refractivity contribution >= 4 is 17.4 Å². The minimum absolute atomic E-state index is 0.109. The molecule has 166 valence electrons. The molecule has 1 amide bonds. The maximum atomic E-state index is 12.7. The van der Waals surface area contributed by atoms with Crippen molar-refractivity contribution in [2.45, 2.75) is 25.7 Å². The van der Waals surface area contributed by atoms with Crippen LogP contribution in [0.5, 0.6) is 11.5 Å². The van der Waals surface area contributed by atoms with Crippen LogP contribution in [0.2, 0.25) is 0 Å². The van der Waals surface area contributed by atoms with Crippen LogP contribution in [0, 0.1) is 0 Å². The summed E-state index contributed by atoms with van der Waals surface area (Å²) in [5, 5.41) is 11.8. The molecule has 3 aromatic rings. The van der Waals surface area contributed by atoms with E-state index in [1.54, 1.807) is 14.2 Å². The summed E-state index contributed by atoms with van der Waals surface area (Å²) in [5.74, 6) is 2.04. The summed E-state index contributed by atoms with van der Waals surface area (Å²) in [6.07, 6.45) is 4.59. The second-order valence-electron chi connectivity index (χ2n) is 7.78. The van der Waals surface area contributed by atoms with E-state index >= 15 is 0 Å². The fourth-order valence-corrected chi connectivity index (χ4v) is 3.85. The van der Waals surface area contributed by atoms with Gasteiger partial charge in [-0.2, -0.15) is 0 Å². The Hall–Kier alpha value is -3.61. The number of aromatic nitrogens is 2. The van der Waals surface area contributed by atoms with Crippen molar-refractivity contribution in [1.82, 2.24) is 15.1 Å². The molecule has 7 heteroatoms. The molecule has 0 atom stereocenters. The number of benzene rings is 2. The van der Waals surface area contributed by atoms with E-state index in [1.165, 1.54) is 12.8 Å². The van der Waals surface area contributed by atoms with Crippen LogP contribution in [0.25, 0.3) is 11.3 Å². The zero-order valence-corrected chi connectivity index (χ0v) is 18.5. The molecule has 0 saturated carbocycles. The van der Waals surface area contributed by atoms with E-state index in [-0.39, 0.29) is 5.91 Å². The van der Waals surface area contributed by atoms with Crippen molar-refractivity contribution in [3.05, 3.63) is 60.2 Å². The molecule has 1 N–H and O–H groups in total. The van der Waals surface area contributed by atoms with Crippen LogP contribution >= 0.6 is 0 Å². The molecule has 1 aromatic heterocycles. The van der Waals surface area contributed by atoms with E-state index in [0.29, 0.717) is 22.9 Å². The quantitative estimate of drug-likeness (QED) is 0.596. The van der Waals surface area contributed by atoms with Crippen molar-refractivity contribution in [2.75, 3.05) is 32.6 Å². The molecule has 2 heterocycles. The lowest BCUT2D eigenvalue weighted by molar-refractivity contribution is 0.0761. The molecule has 0 unspecified atom stereocenters. The number of nitrogens with one attached hydrogen (secondary N) is 1. The Bertz CT molecular complexity index is 1040. The van der Waals surface area contributed by atoms with Gasteiger partial charge in [-0.1, -0.05) is 12.8 Å². The van der Waals surface area contributed by atoms with Crippen LogP contribution in [-0.2, 0) is 0 Å². The minimum atomic E-state index is 0.109. The van der Waals surface area contributed by atoms with Crippen molar-refractivity contribution < 1.29 is 14.3 Å². The van der Waals surface area contributed by atoms with Gasteiger partial charge in [0.05, 0.1) is 19.9 Å². The van der Waals surface area contributed by atoms with Gasteiger partial charge in [0.25, 0.3) is 5.91 Å². The van der Waals surface area contributed by atoms with Gasteiger partial charge >= 0.3 is 0 Å². The van der Waals surface area contributed by atoms with Gasteiger partial charge in [-0.05, 0) is 67.4 Å². The maximum Gasteiger partial charge on any atom is 0.253 e. The van der Waals surface area contributed by atoms with Crippen molar-refractivity contribution in [3.63, 3.8) is 0 Å². The SMILES string of the molecule is COc1ccc(-c2ccc(Nc3ccc(C(=O)N4CCCCCC4)cc3)nn2)cc1OC. The summed E-state index contributed by atoms with van der Waals surface area (Å²) in [7, 11) is 3.21.